The van der Waals surface area contributed by atoms with E-state index >= 15 is 0 Å². The third-order valence-corrected chi connectivity index (χ3v) is 9.27. The Morgan fingerprint density at radius 1 is 1.07 bits per heavy atom. The second kappa shape index (κ2) is 4.09. The lowest BCUT2D eigenvalue weighted by molar-refractivity contribution is 0.00712. The van der Waals surface area contributed by atoms with Crippen molar-refractivity contribution in [2.75, 3.05) is 0 Å². The Labute approximate surface area is 95.0 Å². The Morgan fingerprint density at radius 2 is 1.47 bits per heavy atom. The molecule has 0 rings (SSSR count). The van der Waals surface area contributed by atoms with Crippen LogP contribution in [0.2, 0.25) is 18.1 Å². The molecule has 15 heavy (non-hydrogen) atoms. The first-order valence-corrected chi connectivity index (χ1v) is 8.42. The van der Waals surface area contributed by atoms with Gasteiger partial charge in [-0.05, 0) is 10.5 Å². The van der Waals surface area contributed by atoms with Gasteiger partial charge >= 0.3 is 0 Å². The van der Waals surface area contributed by atoms with Crippen molar-refractivity contribution in [2.45, 2.75) is 59.7 Å². The van der Waals surface area contributed by atoms with Crippen LogP contribution in [0.15, 0.2) is 5.20 Å². The lowest BCUT2D eigenvalue weighted by Gasteiger charge is -2.41. The van der Waals surface area contributed by atoms with Crippen LogP contribution in [-0.4, -0.2) is 18.7 Å². The van der Waals surface area contributed by atoms with Crippen LogP contribution in [0.25, 0.3) is 5.53 Å². The van der Waals surface area contributed by atoms with Crippen LogP contribution in [0.5, 0.6) is 0 Å². The Bertz CT molecular complexity index is 317. The largest absolute Gasteiger partial charge is 0.348 e. The molecule has 2 nitrogen and oxygen atoms in total. The van der Waals surface area contributed by atoms with Gasteiger partial charge in [-0.15, -0.1) is 4.79 Å². The van der Waals surface area contributed by atoms with Gasteiger partial charge in [0.25, 0.3) is 5.87 Å². The third-order valence-electron chi connectivity index (χ3n) is 3.41. The minimum Gasteiger partial charge on any atom is -0.348 e. The Hall–Kier alpha value is -0.623. The van der Waals surface area contributed by atoms with Gasteiger partial charge in [-0.2, -0.15) is 0 Å². The molecule has 0 unspecified atom stereocenters. The van der Waals surface area contributed by atoms with E-state index in [9.17, 15) is 0 Å². The number of allylic oxidation sites excluding steroid dienone is 1. The summed E-state index contributed by atoms with van der Waals surface area (Å²) >= 11 is 0. The monoisotopic (exact) mass is 224 g/mol. The van der Waals surface area contributed by atoms with Crippen molar-refractivity contribution in [1.29, 1.82) is 0 Å². The Kier molecular flexibility index (Phi) is 3.92. The molecule has 0 radical (unpaired) electrons. The van der Waals surface area contributed by atoms with Gasteiger partial charge in [0, 0.05) is 5.20 Å². The average Bonchev–Trinajstić information content (AvgIpc) is 1.95. The zero-order valence-electron chi connectivity index (χ0n) is 11.4. The van der Waals surface area contributed by atoms with E-state index in [1.165, 1.54) is 5.20 Å². The maximum absolute atomic E-state index is 8.74. The number of nitrogens with zero attached hydrogens (tertiary/aromatic N) is 2. The summed E-state index contributed by atoms with van der Waals surface area (Å²) in [6, 6.07) is 0. The first-order chi connectivity index (χ1) is 6.44. The summed E-state index contributed by atoms with van der Waals surface area (Å²) in [7, 11) is -1.64. The zero-order valence-corrected chi connectivity index (χ0v) is 12.4. The molecule has 0 aliphatic rings. The molecule has 0 heterocycles. The summed E-state index contributed by atoms with van der Waals surface area (Å²) in [6.07, 6.45) is 0. The maximum Gasteiger partial charge on any atom is 0.294 e. The van der Waals surface area contributed by atoms with Gasteiger partial charge in [-0.1, -0.05) is 54.6 Å². The highest BCUT2D eigenvalue weighted by atomic mass is 28.3. The van der Waals surface area contributed by atoms with Gasteiger partial charge in [0.05, 0.1) is 0 Å². The topological polar surface area (TPSA) is 36.4 Å². The average molecular weight is 224 g/mol. The molecule has 0 N–H and O–H groups in total. The van der Waals surface area contributed by atoms with Crippen LogP contribution in [-0.2, 0) is 0 Å². The predicted octanol–water partition coefficient (Wildman–Crippen LogP) is 3.91. The van der Waals surface area contributed by atoms with Gasteiger partial charge in [-0.25, -0.2) is 0 Å². The van der Waals surface area contributed by atoms with Crippen LogP contribution in [0.4, 0.5) is 0 Å². The minimum atomic E-state index is -1.64. The summed E-state index contributed by atoms with van der Waals surface area (Å²) in [6.45, 7) is 17.8. The molecule has 0 aliphatic heterocycles. The van der Waals surface area contributed by atoms with Crippen molar-refractivity contribution in [1.82, 2.24) is 0 Å². The highest BCUT2D eigenvalue weighted by Gasteiger charge is 2.44. The number of hydrogen-bond acceptors (Lipinski definition) is 0. The summed E-state index contributed by atoms with van der Waals surface area (Å²) in [5.41, 5.74) is 8.77. The molecule has 0 bridgehead atoms. The van der Waals surface area contributed by atoms with E-state index in [0.717, 1.165) is 0 Å². The first kappa shape index (κ1) is 14.4. The van der Waals surface area contributed by atoms with Crippen LogP contribution in [0.1, 0.15) is 41.5 Å². The molecule has 0 saturated carbocycles. The predicted molar refractivity (Wildman–Crippen MR) is 68.8 cm³/mol. The van der Waals surface area contributed by atoms with Crippen molar-refractivity contribution >= 4 is 13.9 Å². The summed E-state index contributed by atoms with van der Waals surface area (Å²) in [4.78, 5) is 3.13. The standard InChI is InChI=1S/C12H24N2Si/c1-11(2,3)10(9-14-13)15(7,8)12(4,5)6/h1-8H3. The van der Waals surface area contributed by atoms with E-state index in [4.69, 9.17) is 5.53 Å². The molecule has 0 aromatic rings. The molecule has 86 valence electrons. The molecule has 0 fully saturated rings. The smallest absolute Gasteiger partial charge is 0.294 e. The van der Waals surface area contributed by atoms with Crippen LogP contribution in [0, 0.1) is 5.41 Å². The van der Waals surface area contributed by atoms with Crippen molar-refractivity contribution in [3.05, 3.63) is 10.7 Å². The lowest BCUT2D eigenvalue weighted by atomic mass is 9.97. The normalized spacial score (nSPS) is 13.1. The second-order valence-corrected chi connectivity index (χ2v) is 12.0. The molecule has 0 spiro atoms. The number of rotatable bonds is 1. The quantitative estimate of drug-likeness (QED) is 0.280. The molecule has 3 heteroatoms. The van der Waals surface area contributed by atoms with E-state index in [0.29, 0.717) is 0 Å². The summed E-state index contributed by atoms with van der Waals surface area (Å²) in [5, 5.41) is 1.43. The molecule has 0 atom stereocenters. The highest BCUT2D eigenvalue weighted by molar-refractivity contribution is 6.88. The molecule has 0 saturated heterocycles. The fourth-order valence-corrected chi connectivity index (χ4v) is 4.62. The van der Waals surface area contributed by atoms with Gasteiger partial charge in [-0.3, -0.25) is 0 Å². The van der Waals surface area contributed by atoms with Crippen LogP contribution < -0.4 is 0 Å². The number of hydrogen-bond donors (Lipinski definition) is 0. The Morgan fingerprint density at radius 3 is 1.67 bits per heavy atom. The van der Waals surface area contributed by atoms with Gasteiger partial charge < -0.3 is 5.53 Å². The maximum atomic E-state index is 8.74. The van der Waals surface area contributed by atoms with Crippen LogP contribution >= 0.6 is 0 Å². The molecule has 0 aromatic carbocycles. The SMILES string of the molecule is CC(C)(C)C(=C=[N+]=[N-])[Si](C)(C)C(C)(C)C. The fourth-order valence-electron chi connectivity index (χ4n) is 1.67. The van der Waals surface area contributed by atoms with Crippen molar-refractivity contribution in [3.63, 3.8) is 0 Å². The summed E-state index contributed by atoms with van der Waals surface area (Å²) < 4.78 is 0. The van der Waals surface area contributed by atoms with Crippen LogP contribution in [0.3, 0.4) is 0 Å². The molecule has 0 aromatic heterocycles. The fraction of sp³-hybridized carbons (Fsp3) is 0.833. The Balaban J connectivity index is 5.73. The van der Waals surface area contributed by atoms with E-state index < -0.39 is 8.07 Å². The van der Waals surface area contributed by atoms with E-state index in [1.54, 1.807) is 0 Å². The van der Waals surface area contributed by atoms with Crippen molar-refractivity contribution < 1.29 is 4.79 Å². The first-order valence-electron chi connectivity index (χ1n) is 5.42. The minimum absolute atomic E-state index is 0.0230. The van der Waals surface area contributed by atoms with Gasteiger partial charge in [0.15, 0.2) is 0 Å². The summed E-state index contributed by atoms with van der Waals surface area (Å²) in [5.74, 6) is 2.83. The van der Waals surface area contributed by atoms with Gasteiger partial charge in [0.1, 0.15) is 8.07 Å². The van der Waals surface area contributed by atoms with E-state index in [2.05, 4.69) is 65.3 Å². The van der Waals surface area contributed by atoms with Crippen molar-refractivity contribution in [2.24, 2.45) is 5.41 Å². The van der Waals surface area contributed by atoms with E-state index in [1.807, 2.05) is 0 Å². The lowest BCUT2D eigenvalue weighted by Crippen LogP contribution is -2.44. The molecular weight excluding hydrogens is 200 g/mol. The van der Waals surface area contributed by atoms with Gasteiger partial charge in [0.2, 0.25) is 0 Å². The molecular formula is C12H24N2Si. The molecule has 0 amide bonds. The second-order valence-electron chi connectivity index (χ2n) is 6.71. The van der Waals surface area contributed by atoms with Crippen molar-refractivity contribution in [3.8, 4) is 0 Å². The zero-order chi connectivity index (χ0) is 12.5. The highest BCUT2D eigenvalue weighted by Crippen LogP contribution is 2.45. The third kappa shape index (κ3) is 3.17. The molecule has 0 aliphatic carbocycles. The van der Waals surface area contributed by atoms with E-state index in [-0.39, 0.29) is 10.5 Å².